The second-order valence-corrected chi connectivity index (χ2v) is 37.0. The Labute approximate surface area is 839 Å². The van der Waals surface area contributed by atoms with E-state index in [1.54, 1.807) is 0 Å². The van der Waals surface area contributed by atoms with E-state index < -0.39 is 0 Å². The van der Waals surface area contributed by atoms with E-state index in [-0.39, 0.29) is 0 Å². The van der Waals surface area contributed by atoms with E-state index in [9.17, 15) is 0 Å². The van der Waals surface area contributed by atoms with Gasteiger partial charge in [-0.2, -0.15) is 0 Å². The third-order valence-electron chi connectivity index (χ3n) is 28.0. The minimum absolute atomic E-state index is 0.631. The molecule has 684 valence electrons. The van der Waals surface area contributed by atoms with Gasteiger partial charge >= 0.3 is 0 Å². The Kier molecular flexibility index (Phi) is 20.5. The van der Waals surface area contributed by atoms with Crippen LogP contribution in [0.15, 0.2) is 487 Å². The van der Waals surface area contributed by atoms with Gasteiger partial charge in [0.1, 0.15) is 33.5 Å². The zero-order valence-corrected chi connectivity index (χ0v) is 78.6. The summed E-state index contributed by atoms with van der Waals surface area (Å²) in [6.45, 7) is 0. The van der Waals surface area contributed by atoms with Gasteiger partial charge in [-0.3, -0.25) is 15.0 Å². The van der Waals surface area contributed by atoms with E-state index in [1.165, 1.54) is 16.2 Å². The molecular weight excluding hydrogens is 1800 g/mol. The highest BCUT2D eigenvalue weighted by Gasteiger charge is 2.25. The summed E-state index contributed by atoms with van der Waals surface area (Å²) in [6, 6.07) is 153. The summed E-state index contributed by atoms with van der Waals surface area (Å²) in [5.41, 5.74) is 21.4. The maximum absolute atomic E-state index is 6.39. The van der Waals surface area contributed by atoms with Crippen LogP contribution < -0.4 is 0 Å². The van der Waals surface area contributed by atoms with Crippen molar-refractivity contribution in [2.45, 2.75) is 0 Å². The molecule has 0 amide bonds. The van der Waals surface area contributed by atoms with Crippen LogP contribution in [0.5, 0.6) is 0 Å². The lowest BCUT2D eigenvalue weighted by atomic mass is 9.93. The van der Waals surface area contributed by atoms with Gasteiger partial charge in [0.05, 0.1) is 5.52 Å². The largest absolute Gasteiger partial charge is 0.456 e. The van der Waals surface area contributed by atoms with E-state index in [2.05, 4.69) is 330 Å². The van der Waals surface area contributed by atoms with Crippen LogP contribution in [-0.4, -0.2) is 59.8 Å². The molecule has 0 bridgehead atoms. The Balaban J connectivity index is 0.000000107. The first-order chi connectivity index (χ1) is 72.7. The fourth-order valence-corrected chi connectivity index (χ4v) is 20.9. The zero-order valence-electron chi connectivity index (χ0n) is 78.6. The molecule has 0 unspecified atom stereocenters. The quantitative estimate of drug-likeness (QED) is 0.112. The van der Waals surface area contributed by atoms with Crippen molar-refractivity contribution in [3.63, 3.8) is 0 Å². The molecule has 30 rings (SSSR count). The Morgan fingerprint density at radius 2 is 0.408 bits per heavy atom. The summed E-state index contributed by atoms with van der Waals surface area (Å²) in [4.78, 5) is 58.3. The van der Waals surface area contributed by atoms with Gasteiger partial charge < -0.3 is 13.3 Å². The molecule has 30 aromatic rings. The predicted molar refractivity (Wildman–Crippen MR) is 597 cm³/mol. The number of fused-ring (bicyclic) bond motifs is 18. The van der Waals surface area contributed by atoms with Gasteiger partial charge in [-0.25, -0.2) is 44.9 Å². The average Bonchev–Trinajstić information content (AvgIpc) is 1.61. The first kappa shape index (κ1) is 84.9. The van der Waals surface area contributed by atoms with Crippen molar-refractivity contribution >= 4 is 163 Å². The molecule has 147 heavy (non-hydrogen) atoms. The van der Waals surface area contributed by atoms with Crippen molar-refractivity contribution in [2.75, 3.05) is 0 Å². The lowest BCUT2D eigenvalue weighted by Gasteiger charge is -2.12. The summed E-state index contributed by atoms with van der Waals surface area (Å²) >= 11 is 0. The molecule has 0 atom stereocenters. The number of nitrogens with zero attached hydrogens (tertiary/aromatic N) is 12. The SMILES string of the molecule is c1ccc(-c2nc(-c3ccc4ccccc4c3)nc(-c3ccc4c(-c5cccc6oc7cc8cccnc8cc7c56)cccc4c3)n2)cc1.c1ccc(-c2nc(-c3ccc4ccccc4c3)nc(-c3ccc4c(-c5cccc6oc7cc8ccncc8cc7c56)cccc4c3)n2)cc1.c1ccc(-c2nc(-c3ccc4ccccc4c3)nc(-c3ccc4c(-c5cccc6oc7cc8cnccc8cc7c56)cccc4c3)n2)cc1. The second kappa shape index (κ2) is 35.6. The van der Waals surface area contributed by atoms with Crippen molar-refractivity contribution < 1.29 is 13.3 Å². The highest BCUT2D eigenvalue weighted by Crippen LogP contribution is 2.47. The van der Waals surface area contributed by atoms with Crippen LogP contribution in [0.2, 0.25) is 0 Å². The standard InChI is InChI=1S/3C44H26N4O/c1-2-10-28(11-3-1)42-46-43(32-19-18-27-9-4-5-12-29(27)23-32)48-44(47-42)33-20-21-34-30(24-33)13-6-15-35(34)36-16-7-17-39-41(36)37-26-38-31(14-8-22-45-38)25-40(37)49-39;1-2-9-28(10-3-1)42-46-43(32-17-16-27-8-4-5-11-29(27)22-32)48-44(47-42)33-18-19-35-31(23-33)12-6-13-36(35)37-14-7-15-39-41(37)38-24-34-26-45-21-20-30(34)25-40(38)49-39;1-2-9-28(10-3-1)42-46-43(32-17-16-27-8-4-5-11-29(27)22-32)48-44(47-42)33-18-19-35-31(23-33)12-6-13-36(35)37-14-7-15-39-41(37)38-24-30-20-21-45-26-34(30)25-40(38)49-39/h3*1-26H. The summed E-state index contributed by atoms with van der Waals surface area (Å²) < 4.78 is 19.1. The predicted octanol–water partition coefficient (Wildman–Crippen LogP) is 33.9. The molecule has 0 N–H and O–H groups in total. The number of furan rings is 3. The van der Waals surface area contributed by atoms with Crippen molar-refractivity contribution in [3.8, 4) is 136 Å². The van der Waals surface area contributed by atoms with E-state index in [0.717, 1.165) is 230 Å². The Hall–Kier alpha value is -20.2. The van der Waals surface area contributed by atoms with Crippen molar-refractivity contribution in [1.29, 1.82) is 0 Å². The molecule has 9 heterocycles. The van der Waals surface area contributed by atoms with Crippen molar-refractivity contribution in [1.82, 2.24) is 59.8 Å². The highest BCUT2D eigenvalue weighted by molar-refractivity contribution is 6.21. The molecule has 0 saturated heterocycles. The van der Waals surface area contributed by atoms with Gasteiger partial charge in [0.2, 0.25) is 0 Å². The summed E-state index contributed by atoms with van der Waals surface area (Å²) in [5, 5.41) is 25.7. The molecule has 0 aliphatic rings. The van der Waals surface area contributed by atoms with Gasteiger partial charge in [-0.15, -0.1) is 0 Å². The molecule has 0 radical (unpaired) electrons. The van der Waals surface area contributed by atoms with Crippen LogP contribution in [0, 0.1) is 0 Å². The first-order valence-corrected chi connectivity index (χ1v) is 48.9. The van der Waals surface area contributed by atoms with E-state index in [4.69, 9.17) is 58.1 Å². The third kappa shape index (κ3) is 15.6. The summed E-state index contributed by atoms with van der Waals surface area (Å²) in [7, 11) is 0. The van der Waals surface area contributed by atoms with Crippen molar-refractivity contribution in [2.24, 2.45) is 0 Å². The molecule has 0 fully saturated rings. The summed E-state index contributed by atoms with van der Waals surface area (Å²) in [6.07, 6.45) is 9.27. The number of hydrogen-bond acceptors (Lipinski definition) is 15. The Morgan fingerprint density at radius 3 is 0.782 bits per heavy atom. The Morgan fingerprint density at radius 1 is 0.143 bits per heavy atom. The van der Waals surface area contributed by atoms with Crippen LogP contribution in [0.3, 0.4) is 0 Å². The summed E-state index contributed by atoms with van der Waals surface area (Å²) in [5.74, 6) is 5.75. The van der Waals surface area contributed by atoms with Crippen LogP contribution in [-0.2, 0) is 0 Å². The minimum atomic E-state index is 0.631. The maximum Gasteiger partial charge on any atom is 0.164 e. The number of pyridine rings is 3. The maximum atomic E-state index is 6.39. The molecular formula is C132H78N12O3. The molecule has 15 nitrogen and oxygen atoms in total. The van der Waals surface area contributed by atoms with Gasteiger partial charge in [-0.1, -0.05) is 334 Å². The first-order valence-electron chi connectivity index (χ1n) is 48.9. The minimum Gasteiger partial charge on any atom is -0.456 e. The Bertz CT molecular complexity index is 9630. The van der Waals surface area contributed by atoms with Gasteiger partial charge in [0.15, 0.2) is 52.4 Å². The van der Waals surface area contributed by atoms with E-state index in [1.807, 2.05) is 158 Å². The average molecular weight is 1880 g/mol. The van der Waals surface area contributed by atoms with Crippen LogP contribution in [0.1, 0.15) is 0 Å². The number of hydrogen-bond donors (Lipinski definition) is 0. The second-order valence-electron chi connectivity index (χ2n) is 37.0. The van der Waals surface area contributed by atoms with E-state index in [0.29, 0.717) is 52.4 Å². The van der Waals surface area contributed by atoms with Gasteiger partial charge in [-0.05, 0) is 218 Å². The number of aromatic nitrogens is 12. The fourth-order valence-electron chi connectivity index (χ4n) is 20.9. The zero-order chi connectivity index (χ0) is 96.9. The lowest BCUT2D eigenvalue weighted by Crippen LogP contribution is -2.00. The number of benzene rings is 21. The monoisotopic (exact) mass is 1880 g/mol. The lowest BCUT2D eigenvalue weighted by molar-refractivity contribution is 0.669. The molecule has 21 aromatic carbocycles. The van der Waals surface area contributed by atoms with Crippen LogP contribution >= 0.6 is 0 Å². The molecule has 9 aromatic heterocycles. The van der Waals surface area contributed by atoms with E-state index >= 15 is 0 Å². The molecule has 0 aliphatic heterocycles. The molecule has 0 aliphatic carbocycles. The van der Waals surface area contributed by atoms with Crippen LogP contribution in [0.4, 0.5) is 0 Å². The normalized spacial score (nSPS) is 11.7. The van der Waals surface area contributed by atoms with Gasteiger partial charge in [0.25, 0.3) is 0 Å². The highest BCUT2D eigenvalue weighted by atomic mass is 16.3. The van der Waals surface area contributed by atoms with Gasteiger partial charge in [0, 0.05) is 130 Å². The molecule has 0 spiro atoms. The third-order valence-corrected chi connectivity index (χ3v) is 28.0. The smallest absolute Gasteiger partial charge is 0.164 e. The molecule has 15 heteroatoms. The van der Waals surface area contributed by atoms with Crippen molar-refractivity contribution in [3.05, 3.63) is 474 Å². The fraction of sp³-hybridized carbons (Fsp3) is 0. The van der Waals surface area contributed by atoms with Crippen LogP contribution in [0.25, 0.3) is 299 Å². The number of rotatable bonds is 12. The molecule has 0 saturated carbocycles. The topological polar surface area (TPSA) is 194 Å².